The molecule has 0 radical (unpaired) electrons. The highest BCUT2D eigenvalue weighted by Crippen LogP contribution is 2.29. The van der Waals surface area contributed by atoms with E-state index >= 15 is 0 Å². The first-order chi connectivity index (χ1) is 12.5. The van der Waals surface area contributed by atoms with Crippen molar-refractivity contribution in [2.45, 2.75) is 6.42 Å². The Kier molecular flexibility index (Phi) is 5.80. The molecule has 138 valence electrons. The Hall–Kier alpha value is -2.09. The molecular formula is C18H20ClN3O3S. The largest absolute Gasteiger partial charge is 0.507 e. The third-order valence-electron chi connectivity index (χ3n) is 4.39. The van der Waals surface area contributed by atoms with Crippen LogP contribution in [0.25, 0.3) is 0 Å². The van der Waals surface area contributed by atoms with E-state index in [-0.39, 0.29) is 17.2 Å². The average molecular weight is 394 g/mol. The van der Waals surface area contributed by atoms with Crippen LogP contribution in [0.15, 0.2) is 29.6 Å². The number of carbonyl (C=O) groups excluding carboxylic acids is 2. The summed E-state index contributed by atoms with van der Waals surface area (Å²) in [5.41, 5.74) is 0.582. The lowest BCUT2D eigenvalue weighted by molar-refractivity contribution is 0.0788. The Balaban J connectivity index is 1.72. The number of amides is 2. The lowest BCUT2D eigenvalue weighted by Crippen LogP contribution is -2.30. The van der Waals surface area contributed by atoms with E-state index in [1.165, 1.54) is 29.5 Å². The van der Waals surface area contributed by atoms with Crippen molar-refractivity contribution in [2.75, 3.05) is 32.0 Å². The fraction of sp³-hybridized carbons (Fsp3) is 0.333. The fourth-order valence-corrected chi connectivity index (χ4v) is 4.02. The monoisotopic (exact) mass is 393 g/mol. The predicted octanol–water partition coefficient (Wildman–Crippen LogP) is 3.04. The molecule has 0 bridgehead atoms. The Labute approximate surface area is 160 Å². The summed E-state index contributed by atoms with van der Waals surface area (Å²) < 4.78 is 0. The van der Waals surface area contributed by atoms with Crippen molar-refractivity contribution in [2.24, 2.45) is 5.92 Å². The molecule has 2 aromatic rings. The molecule has 2 amide bonds. The third-order valence-corrected chi connectivity index (χ3v) is 5.46. The summed E-state index contributed by atoms with van der Waals surface area (Å²) >= 11 is 7.07. The topological polar surface area (TPSA) is 81.7 Å². The number of hydrogen-bond acceptors (Lipinski definition) is 5. The van der Waals surface area contributed by atoms with Crippen LogP contribution in [0, 0.1) is 5.92 Å². The summed E-state index contributed by atoms with van der Waals surface area (Å²) in [6.07, 6.45) is 0.969. The number of carbonyl (C=O) groups is 2. The maximum Gasteiger partial charge on any atom is 0.260 e. The molecule has 1 aliphatic rings. The van der Waals surface area contributed by atoms with E-state index in [4.69, 9.17) is 11.6 Å². The fourth-order valence-electron chi connectivity index (χ4n) is 3.08. The van der Waals surface area contributed by atoms with E-state index in [0.29, 0.717) is 34.6 Å². The molecule has 1 atom stereocenters. The lowest BCUT2D eigenvalue weighted by Gasteiger charge is -2.17. The number of hydrogen-bond donors (Lipinski definition) is 3. The minimum absolute atomic E-state index is 0.0829. The normalized spacial score (nSPS) is 16.7. The van der Waals surface area contributed by atoms with Crippen molar-refractivity contribution in [3.8, 4) is 5.75 Å². The van der Waals surface area contributed by atoms with Gasteiger partial charge in [0, 0.05) is 18.1 Å². The first-order valence-corrected chi connectivity index (χ1v) is 9.56. The molecule has 3 rings (SSSR count). The first-order valence-electron chi connectivity index (χ1n) is 8.31. The molecule has 1 unspecified atom stereocenters. The second-order valence-corrected chi connectivity index (χ2v) is 7.60. The number of phenolic OH excluding ortho intramolecular Hbond substituents is 1. The van der Waals surface area contributed by atoms with Crippen molar-refractivity contribution < 1.29 is 14.7 Å². The molecule has 3 N–H and O–H groups in total. The van der Waals surface area contributed by atoms with Crippen LogP contribution in [0.5, 0.6) is 5.75 Å². The van der Waals surface area contributed by atoms with Crippen molar-refractivity contribution in [1.82, 2.24) is 10.2 Å². The highest BCUT2D eigenvalue weighted by Gasteiger charge is 2.28. The van der Waals surface area contributed by atoms with Gasteiger partial charge in [0.15, 0.2) is 0 Å². The van der Waals surface area contributed by atoms with Crippen LogP contribution < -0.4 is 10.6 Å². The zero-order valence-electron chi connectivity index (χ0n) is 14.3. The van der Waals surface area contributed by atoms with E-state index in [9.17, 15) is 14.7 Å². The van der Waals surface area contributed by atoms with Gasteiger partial charge in [-0.2, -0.15) is 0 Å². The van der Waals surface area contributed by atoms with Crippen molar-refractivity contribution in [1.29, 1.82) is 0 Å². The third kappa shape index (κ3) is 4.00. The van der Waals surface area contributed by atoms with Gasteiger partial charge in [0.25, 0.3) is 11.8 Å². The van der Waals surface area contributed by atoms with Crippen molar-refractivity contribution in [3.63, 3.8) is 0 Å². The minimum atomic E-state index is -0.481. The first kappa shape index (κ1) is 18.7. The van der Waals surface area contributed by atoms with Gasteiger partial charge in [0.2, 0.25) is 0 Å². The zero-order valence-corrected chi connectivity index (χ0v) is 15.9. The van der Waals surface area contributed by atoms with Crippen LogP contribution in [0.1, 0.15) is 27.1 Å². The van der Waals surface area contributed by atoms with Gasteiger partial charge in [-0.25, -0.2) is 0 Å². The van der Waals surface area contributed by atoms with Gasteiger partial charge in [0.1, 0.15) is 10.8 Å². The second-order valence-electron chi connectivity index (χ2n) is 6.24. The van der Waals surface area contributed by atoms with Gasteiger partial charge in [-0.15, -0.1) is 11.3 Å². The number of anilines is 1. The van der Waals surface area contributed by atoms with E-state index in [0.717, 1.165) is 13.0 Å². The average Bonchev–Trinajstić information content (AvgIpc) is 3.24. The van der Waals surface area contributed by atoms with Crippen LogP contribution in [0.2, 0.25) is 5.02 Å². The molecule has 1 saturated heterocycles. The molecule has 26 heavy (non-hydrogen) atoms. The van der Waals surface area contributed by atoms with Gasteiger partial charge in [-0.1, -0.05) is 11.6 Å². The van der Waals surface area contributed by atoms with E-state index in [2.05, 4.69) is 10.6 Å². The van der Waals surface area contributed by atoms with Gasteiger partial charge in [-0.05, 0) is 55.6 Å². The molecule has 2 heterocycles. The number of likely N-dealkylation sites (tertiary alicyclic amines) is 1. The molecule has 8 heteroatoms. The number of thiophene rings is 1. The number of nitrogens with zero attached hydrogens (tertiary/aromatic N) is 1. The Morgan fingerprint density at radius 3 is 2.88 bits per heavy atom. The molecule has 0 aliphatic carbocycles. The Morgan fingerprint density at radius 1 is 1.35 bits per heavy atom. The quantitative estimate of drug-likeness (QED) is 0.729. The van der Waals surface area contributed by atoms with Crippen LogP contribution >= 0.6 is 22.9 Å². The standard InChI is InChI=1S/C18H20ClN3O3S/c1-20-9-11-4-6-22(10-11)18(25)14-5-7-26-17(14)21-16(24)13-3-2-12(19)8-15(13)23/h2-3,5,7-8,11,20,23H,4,6,9-10H2,1H3,(H,21,24). The number of rotatable bonds is 5. The number of phenols is 1. The summed E-state index contributed by atoms with van der Waals surface area (Å²) in [6, 6.07) is 6.01. The molecular weight excluding hydrogens is 374 g/mol. The molecule has 6 nitrogen and oxygen atoms in total. The maximum absolute atomic E-state index is 12.8. The molecule has 0 spiro atoms. The molecule has 1 aliphatic heterocycles. The number of nitrogens with one attached hydrogen (secondary N) is 2. The van der Waals surface area contributed by atoms with Crippen LogP contribution in [-0.2, 0) is 0 Å². The SMILES string of the molecule is CNCC1CCN(C(=O)c2ccsc2NC(=O)c2ccc(Cl)cc2O)C1. The van der Waals surface area contributed by atoms with E-state index < -0.39 is 5.91 Å². The van der Waals surface area contributed by atoms with Gasteiger partial charge in [-0.3, -0.25) is 9.59 Å². The number of halogens is 1. The smallest absolute Gasteiger partial charge is 0.260 e. The molecule has 0 saturated carbocycles. The van der Waals surface area contributed by atoms with Crippen LogP contribution in [0.4, 0.5) is 5.00 Å². The van der Waals surface area contributed by atoms with Gasteiger partial charge >= 0.3 is 0 Å². The predicted molar refractivity (Wildman–Crippen MR) is 103 cm³/mol. The minimum Gasteiger partial charge on any atom is -0.507 e. The lowest BCUT2D eigenvalue weighted by atomic mass is 10.1. The van der Waals surface area contributed by atoms with Gasteiger partial charge in [0.05, 0.1) is 11.1 Å². The summed E-state index contributed by atoms with van der Waals surface area (Å²) in [5, 5.41) is 18.4. The van der Waals surface area contributed by atoms with Crippen LogP contribution in [0.3, 0.4) is 0 Å². The van der Waals surface area contributed by atoms with E-state index in [1.54, 1.807) is 11.4 Å². The van der Waals surface area contributed by atoms with Gasteiger partial charge < -0.3 is 20.6 Å². The maximum atomic E-state index is 12.8. The van der Waals surface area contributed by atoms with Crippen molar-refractivity contribution in [3.05, 3.63) is 45.8 Å². The summed E-state index contributed by atoms with van der Waals surface area (Å²) in [7, 11) is 1.91. The molecule has 1 aromatic heterocycles. The summed E-state index contributed by atoms with van der Waals surface area (Å²) in [4.78, 5) is 27.1. The number of aromatic hydroxyl groups is 1. The van der Waals surface area contributed by atoms with Crippen LogP contribution in [-0.4, -0.2) is 48.5 Å². The highest BCUT2D eigenvalue weighted by molar-refractivity contribution is 7.14. The summed E-state index contributed by atoms with van der Waals surface area (Å²) in [5.74, 6) is -0.314. The summed E-state index contributed by atoms with van der Waals surface area (Å²) in [6.45, 7) is 2.31. The number of benzene rings is 1. The highest BCUT2D eigenvalue weighted by atomic mass is 35.5. The Morgan fingerprint density at radius 2 is 2.15 bits per heavy atom. The molecule has 1 aromatic carbocycles. The second kappa shape index (κ2) is 8.07. The van der Waals surface area contributed by atoms with Crippen molar-refractivity contribution >= 4 is 39.8 Å². The molecule has 1 fully saturated rings. The zero-order chi connectivity index (χ0) is 18.7. The Bertz CT molecular complexity index is 824. The van der Waals surface area contributed by atoms with E-state index in [1.807, 2.05) is 11.9 Å².